The van der Waals surface area contributed by atoms with Crippen LogP contribution in [0.2, 0.25) is 0 Å². The Morgan fingerprint density at radius 1 is 1.33 bits per heavy atom. The Balaban J connectivity index is 1.91. The predicted molar refractivity (Wildman–Crippen MR) is 85.5 cm³/mol. The van der Waals surface area contributed by atoms with Crippen molar-refractivity contribution in [1.29, 1.82) is 0 Å². The highest BCUT2D eigenvalue weighted by Crippen LogP contribution is 2.25. The number of aliphatic hydroxyl groups is 1. The molecule has 0 bridgehead atoms. The average molecular weight is 290 g/mol. The molecule has 1 aliphatic carbocycles. The van der Waals surface area contributed by atoms with Gasteiger partial charge < -0.3 is 15.7 Å². The molecule has 3 N–H and O–H groups in total. The quantitative estimate of drug-likeness (QED) is 0.677. The first-order chi connectivity index (χ1) is 10.2. The van der Waals surface area contributed by atoms with Gasteiger partial charge in [-0.1, -0.05) is 31.9 Å². The zero-order chi connectivity index (χ0) is 15.1. The minimum atomic E-state index is -0.261. The number of rotatable bonds is 7. The van der Waals surface area contributed by atoms with Crippen LogP contribution < -0.4 is 10.6 Å². The molecule has 4 heteroatoms. The highest BCUT2D eigenvalue weighted by molar-refractivity contribution is 5.99. The Hall–Kier alpha value is -1.55. The van der Waals surface area contributed by atoms with Crippen LogP contribution in [0.4, 0.5) is 5.69 Å². The van der Waals surface area contributed by atoms with Crippen LogP contribution in [0.3, 0.4) is 0 Å². The van der Waals surface area contributed by atoms with Crippen LogP contribution in [0.25, 0.3) is 0 Å². The maximum Gasteiger partial charge on any atom is 0.253 e. The van der Waals surface area contributed by atoms with E-state index < -0.39 is 0 Å². The summed E-state index contributed by atoms with van der Waals surface area (Å²) in [7, 11) is 0. The van der Waals surface area contributed by atoms with E-state index in [0.717, 1.165) is 44.3 Å². The van der Waals surface area contributed by atoms with E-state index in [2.05, 4.69) is 17.6 Å². The monoisotopic (exact) mass is 290 g/mol. The lowest BCUT2D eigenvalue weighted by Crippen LogP contribution is -2.32. The van der Waals surface area contributed by atoms with Gasteiger partial charge in [-0.05, 0) is 31.4 Å². The molecule has 1 fully saturated rings. The molecule has 4 nitrogen and oxygen atoms in total. The van der Waals surface area contributed by atoms with Crippen molar-refractivity contribution in [3.8, 4) is 0 Å². The Labute approximate surface area is 126 Å². The molecule has 21 heavy (non-hydrogen) atoms. The van der Waals surface area contributed by atoms with Crippen molar-refractivity contribution in [2.24, 2.45) is 5.92 Å². The number of benzene rings is 1. The number of unbranched alkanes of at least 4 members (excludes halogenated alkanes) is 1. The van der Waals surface area contributed by atoms with Crippen molar-refractivity contribution in [3.63, 3.8) is 0 Å². The zero-order valence-corrected chi connectivity index (χ0v) is 12.8. The minimum absolute atomic E-state index is 0.0614. The molecule has 2 atom stereocenters. The highest BCUT2D eigenvalue weighted by Gasteiger charge is 2.25. The van der Waals surface area contributed by atoms with Crippen LogP contribution in [0.5, 0.6) is 0 Å². The zero-order valence-electron chi connectivity index (χ0n) is 12.8. The fraction of sp³-hybridized carbons (Fsp3) is 0.588. The smallest absolute Gasteiger partial charge is 0.253 e. The third-order valence-corrected chi connectivity index (χ3v) is 4.16. The van der Waals surface area contributed by atoms with Crippen molar-refractivity contribution >= 4 is 11.6 Å². The number of hydrogen-bond donors (Lipinski definition) is 3. The molecule has 2 unspecified atom stereocenters. The summed E-state index contributed by atoms with van der Waals surface area (Å²) in [6.07, 6.45) is 4.86. The van der Waals surface area contributed by atoms with E-state index in [4.69, 9.17) is 0 Å². The first-order valence-corrected chi connectivity index (χ1v) is 8.01. The third kappa shape index (κ3) is 4.46. The largest absolute Gasteiger partial charge is 0.393 e. The Kier molecular flexibility index (Phi) is 6.05. The van der Waals surface area contributed by atoms with E-state index in [9.17, 15) is 9.90 Å². The third-order valence-electron chi connectivity index (χ3n) is 4.16. The summed E-state index contributed by atoms with van der Waals surface area (Å²) in [5.74, 6) is 0.142. The molecule has 0 radical (unpaired) electrons. The van der Waals surface area contributed by atoms with E-state index in [1.165, 1.54) is 0 Å². The molecule has 1 aliphatic rings. The lowest BCUT2D eigenvalue weighted by atomic mass is 10.1. The number of nitrogens with one attached hydrogen (secondary N) is 2. The van der Waals surface area contributed by atoms with Crippen molar-refractivity contribution in [1.82, 2.24) is 5.32 Å². The van der Waals surface area contributed by atoms with Crippen LogP contribution in [-0.4, -0.2) is 30.2 Å². The fourth-order valence-electron chi connectivity index (χ4n) is 2.81. The molecule has 2 rings (SSSR count). The second-order valence-corrected chi connectivity index (χ2v) is 5.79. The lowest BCUT2D eigenvalue weighted by Gasteiger charge is -2.16. The molecule has 0 aliphatic heterocycles. The summed E-state index contributed by atoms with van der Waals surface area (Å²) < 4.78 is 0. The summed E-state index contributed by atoms with van der Waals surface area (Å²) >= 11 is 0. The minimum Gasteiger partial charge on any atom is -0.393 e. The van der Waals surface area contributed by atoms with E-state index in [1.54, 1.807) is 0 Å². The average Bonchev–Trinajstić information content (AvgIpc) is 2.91. The number of amides is 1. The normalized spacial score (nSPS) is 21.2. The Morgan fingerprint density at radius 2 is 2.14 bits per heavy atom. The van der Waals surface area contributed by atoms with Crippen LogP contribution in [0.15, 0.2) is 24.3 Å². The molecule has 1 aromatic carbocycles. The molecule has 0 heterocycles. The van der Waals surface area contributed by atoms with Crippen LogP contribution in [-0.2, 0) is 0 Å². The van der Waals surface area contributed by atoms with Gasteiger partial charge >= 0.3 is 0 Å². The molecule has 0 saturated heterocycles. The van der Waals surface area contributed by atoms with Gasteiger partial charge in [-0.2, -0.15) is 0 Å². The van der Waals surface area contributed by atoms with Gasteiger partial charge in [0.1, 0.15) is 0 Å². The number of aliphatic hydroxyl groups excluding tert-OH is 1. The first kappa shape index (κ1) is 15.8. The molecular weight excluding hydrogens is 264 g/mol. The summed E-state index contributed by atoms with van der Waals surface area (Å²) in [5.41, 5.74) is 1.57. The second kappa shape index (κ2) is 8.03. The predicted octanol–water partition coefficient (Wildman–Crippen LogP) is 2.79. The van der Waals surface area contributed by atoms with Gasteiger partial charge in [-0.25, -0.2) is 0 Å². The fourth-order valence-corrected chi connectivity index (χ4v) is 2.81. The maximum atomic E-state index is 12.3. The number of anilines is 1. The molecule has 1 amide bonds. The van der Waals surface area contributed by atoms with Gasteiger partial charge in [0.15, 0.2) is 0 Å². The summed E-state index contributed by atoms with van der Waals surface area (Å²) in [6.45, 7) is 3.58. The number of para-hydroxylation sites is 1. The topological polar surface area (TPSA) is 61.4 Å². The Bertz CT molecular complexity index is 462. The number of carbonyl (C=O) groups excluding carboxylic acids is 1. The van der Waals surface area contributed by atoms with E-state index >= 15 is 0 Å². The molecule has 0 spiro atoms. The molecule has 0 aromatic heterocycles. The SMILES string of the molecule is CCCCNc1ccccc1C(=O)NCC1CCCC1O. The van der Waals surface area contributed by atoms with Crippen LogP contribution in [0.1, 0.15) is 49.4 Å². The van der Waals surface area contributed by atoms with Gasteiger partial charge in [0.05, 0.1) is 11.7 Å². The second-order valence-electron chi connectivity index (χ2n) is 5.79. The summed E-state index contributed by atoms with van der Waals surface area (Å²) in [5, 5.41) is 16.1. The van der Waals surface area contributed by atoms with Gasteiger partial charge in [-0.15, -0.1) is 0 Å². The van der Waals surface area contributed by atoms with Gasteiger partial charge in [0.25, 0.3) is 5.91 Å². The van der Waals surface area contributed by atoms with Crippen molar-refractivity contribution in [3.05, 3.63) is 29.8 Å². The molecular formula is C17H26N2O2. The summed E-state index contributed by atoms with van der Waals surface area (Å²) in [6, 6.07) is 7.60. The van der Waals surface area contributed by atoms with Crippen molar-refractivity contribution < 1.29 is 9.90 Å². The number of carbonyl (C=O) groups is 1. The highest BCUT2D eigenvalue weighted by atomic mass is 16.3. The summed E-state index contributed by atoms with van der Waals surface area (Å²) in [4.78, 5) is 12.3. The van der Waals surface area contributed by atoms with E-state index in [0.29, 0.717) is 12.1 Å². The van der Waals surface area contributed by atoms with E-state index in [1.807, 2.05) is 24.3 Å². The Morgan fingerprint density at radius 3 is 2.86 bits per heavy atom. The van der Waals surface area contributed by atoms with Gasteiger partial charge in [-0.3, -0.25) is 4.79 Å². The standard InChI is InChI=1S/C17H26N2O2/c1-2-3-11-18-15-9-5-4-8-14(15)17(21)19-12-13-7-6-10-16(13)20/h4-5,8-9,13,16,18,20H,2-3,6-7,10-12H2,1H3,(H,19,21). The van der Waals surface area contributed by atoms with Crippen molar-refractivity contribution in [2.45, 2.75) is 45.1 Å². The first-order valence-electron chi connectivity index (χ1n) is 8.01. The van der Waals surface area contributed by atoms with Crippen molar-refractivity contribution in [2.75, 3.05) is 18.4 Å². The van der Waals surface area contributed by atoms with E-state index in [-0.39, 0.29) is 17.9 Å². The molecule has 1 aromatic rings. The maximum absolute atomic E-state index is 12.3. The van der Waals surface area contributed by atoms with Crippen LogP contribution in [0, 0.1) is 5.92 Å². The number of hydrogen-bond acceptors (Lipinski definition) is 3. The molecule has 116 valence electrons. The molecule has 1 saturated carbocycles. The van der Waals surface area contributed by atoms with Gasteiger partial charge in [0, 0.05) is 24.7 Å². The lowest BCUT2D eigenvalue weighted by molar-refractivity contribution is 0.0917. The van der Waals surface area contributed by atoms with Crippen LogP contribution >= 0.6 is 0 Å². The van der Waals surface area contributed by atoms with Gasteiger partial charge in [0.2, 0.25) is 0 Å².